The van der Waals surface area contributed by atoms with Crippen molar-refractivity contribution >= 4 is 12.1 Å². The molecule has 7 heteroatoms. The number of para-hydroxylation sites is 1. The van der Waals surface area contributed by atoms with E-state index in [1.807, 2.05) is 91.1 Å². The summed E-state index contributed by atoms with van der Waals surface area (Å²) in [6.45, 7) is 0.475. The van der Waals surface area contributed by atoms with Crippen molar-refractivity contribution in [2.24, 2.45) is 5.10 Å². The Morgan fingerprint density at radius 3 is 2.30 bits per heavy atom. The third-order valence-electron chi connectivity index (χ3n) is 5.63. The number of hydrogen-bond donors (Lipinski definition) is 1. The van der Waals surface area contributed by atoms with E-state index in [1.54, 1.807) is 10.7 Å². The third-order valence-corrected chi connectivity index (χ3v) is 5.63. The van der Waals surface area contributed by atoms with E-state index in [1.165, 1.54) is 24.4 Å². The number of amides is 1. The number of halogens is 1. The van der Waals surface area contributed by atoms with Crippen molar-refractivity contribution in [2.45, 2.75) is 6.61 Å². The molecule has 0 spiro atoms. The number of hydrogen-bond acceptors (Lipinski definition) is 4. The number of carbonyl (C=O) groups excluding carboxylic acids is 1. The molecule has 1 N–H and O–H groups in total. The predicted octanol–water partition coefficient (Wildman–Crippen LogP) is 6.02. The smallest absolute Gasteiger partial charge is 0.274 e. The Hall–Kier alpha value is -5.04. The number of nitrogens with zero attached hydrogens (tertiary/aromatic N) is 3. The molecule has 0 aliphatic carbocycles. The van der Waals surface area contributed by atoms with Crippen LogP contribution in [0.25, 0.3) is 16.9 Å². The van der Waals surface area contributed by atoms with Gasteiger partial charge in [0.1, 0.15) is 23.9 Å². The molecule has 182 valence electrons. The summed E-state index contributed by atoms with van der Waals surface area (Å²) < 4.78 is 21.6. The summed E-state index contributed by atoms with van der Waals surface area (Å²) in [4.78, 5) is 12.3. The quantitative estimate of drug-likeness (QED) is 0.214. The molecule has 0 radical (unpaired) electrons. The standard InChI is InChI=1S/C30H23FN4O2/c31-28-14-8-7-13-27(28)30(36)33-32-19-24-20-35(25-11-5-2-6-12-25)34-29(24)23-15-17-26(18-16-23)37-21-22-9-3-1-4-10-22/h1-20H,21H2,(H,33,36). The monoisotopic (exact) mass is 490 g/mol. The highest BCUT2D eigenvalue weighted by Crippen LogP contribution is 2.25. The Balaban J connectivity index is 1.38. The van der Waals surface area contributed by atoms with Gasteiger partial charge in [0.05, 0.1) is 17.5 Å². The first-order valence-electron chi connectivity index (χ1n) is 11.7. The summed E-state index contributed by atoms with van der Waals surface area (Å²) >= 11 is 0. The van der Waals surface area contributed by atoms with Gasteiger partial charge in [0.25, 0.3) is 5.91 Å². The van der Waals surface area contributed by atoms with Gasteiger partial charge in [0.15, 0.2) is 0 Å². The Morgan fingerprint density at radius 2 is 1.57 bits per heavy atom. The molecule has 37 heavy (non-hydrogen) atoms. The lowest BCUT2D eigenvalue weighted by Crippen LogP contribution is -2.18. The van der Waals surface area contributed by atoms with Crippen LogP contribution in [0.2, 0.25) is 0 Å². The fourth-order valence-corrected chi connectivity index (χ4v) is 3.74. The van der Waals surface area contributed by atoms with Crippen molar-refractivity contribution in [3.05, 3.63) is 138 Å². The van der Waals surface area contributed by atoms with E-state index in [4.69, 9.17) is 9.84 Å². The van der Waals surface area contributed by atoms with Gasteiger partial charge in [-0.3, -0.25) is 4.79 Å². The zero-order chi connectivity index (χ0) is 25.5. The van der Waals surface area contributed by atoms with E-state index in [0.717, 1.165) is 22.6 Å². The first-order valence-corrected chi connectivity index (χ1v) is 11.7. The van der Waals surface area contributed by atoms with Crippen LogP contribution >= 0.6 is 0 Å². The van der Waals surface area contributed by atoms with E-state index < -0.39 is 11.7 Å². The van der Waals surface area contributed by atoms with Gasteiger partial charge in [0, 0.05) is 17.3 Å². The first-order chi connectivity index (χ1) is 18.2. The minimum absolute atomic E-state index is 0.0778. The molecule has 1 amide bonds. The summed E-state index contributed by atoms with van der Waals surface area (Å²) in [5.74, 6) is -0.504. The molecule has 0 saturated heterocycles. The molecule has 1 aromatic heterocycles. The largest absolute Gasteiger partial charge is 0.489 e. The van der Waals surface area contributed by atoms with E-state index >= 15 is 0 Å². The van der Waals surface area contributed by atoms with Crippen molar-refractivity contribution in [1.82, 2.24) is 15.2 Å². The van der Waals surface area contributed by atoms with Crippen LogP contribution in [0.1, 0.15) is 21.5 Å². The molecule has 5 aromatic rings. The Kier molecular flexibility index (Phi) is 7.13. The highest BCUT2D eigenvalue weighted by atomic mass is 19.1. The van der Waals surface area contributed by atoms with Gasteiger partial charge in [-0.05, 0) is 54.1 Å². The van der Waals surface area contributed by atoms with Crippen LogP contribution in [0.5, 0.6) is 5.75 Å². The number of carbonyl (C=O) groups is 1. The Bertz CT molecular complexity index is 1510. The fraction of sp³-hybridized carbons (Fsp3) is 0.0333. The van der Waals surface area contributed by atoms with Crippen molar-refractivity contribution in [3.63, 3.8) is 0 Å². The molecule has 5 rings (SSSR count). The van der Waals surface area contributed by atoms with Gasteiger partial charge in [-0.2, -0.15) is 10.2 Å². The summed E-state index contributed by atoms with van der Waals surface area (Å²) in [6, 6.07) is 33.0. The van der Waals surface area contributed by atoms with Crippen LogP contribution in [0.4, 0.5) is 4.39 Å². The molecule has 0 unspecified atom stereocenters. The van der Waals surface area contributed by atoms with Crippen molar-refractivity contribution in [2.75, 3.05) is 0 Å². The zero-order valence-corrected chi connectivity index (χ0v) is 19.8. The molecule has 0 atom stereocenters. The maximum Gasteiger partial charge on any atom is 0.274 e. The van der Waals surface area contributed by atoms with Gasteiger partial charge in [-0.15, -0.1) is 0 Å². The second-order valence-corrected chi connectivity index (χ2v) is 8.19. The highest BCUT2D eigenvalue weighted by molar-refractivity contribution is 5.95. The van der Waals surface area contributed by atoms with Gasteiger partial charge >= 0.3 is 0 Å². The maximum atomic E-state index is 13.9. The van der Waals surface area contributed by atoms with Gasteiger partial charge < -0.3 is 4.74 Å². The molecule has 0 bridgehead atoms. The average molecular weight is 491 g/mol. The topological polar surface area (TPSA) is 68.5 Å². The number of nitrogens with one attached hydrogen (secondary N) is 1. The lowest BCUT2D eigenvalue weighted by atomic mass is 10.1. The Morgan fingerprint density at radius 1 is 0.892 bits per heavy atom. The minimum atomic E-state index is -0.633. The summed E-state index contributed by atoms with van der Waals surface area (Å²) in [6.07, 6.45) is 3.32. The van der Waals surface area contributed by atoms with Crippen molar-refractivity contribution in [3.8, 4) is 22.7 Å². The summed E-state index contributed by atoms with van der Waals surface area (Å²) in [5, 5.41) is 8.82. The van der Waals surface area contributed by atoms with E-state index in [0.29, 0.717) is 17.9 Å². The molecule has 0 aliphatic rings. The summed E-state index contributed by atoms with van der Waals surface area (Å²) in [5.41, 5.74) is 6.47. The second-order valence-electron chi connectivity index (χ2n) is 8.19. The van der Waals surface area contributed by atoms with E-state index in [2.05, 4.69) is 10.5 Å². The minimum Gasteiger partial charge on any atom is -0.489 e. The van der Waals surface area contributed by atoms with Crippen LogP contribution in [0.3, 0.4) is 0 Å². The van der Waals surface area contributed by atoms with Crippen LogP contribution in [0, 0.1) is 5.82 Å². The maximum absolute atomic E-state index is 13.9. The highest BCUT2D eigenvalue weighted by Gasteiger charge is 2.13. The second kappa shape index (κ2) is 11.1. The summed E-state index contributed by atoms with van der Waals surface area (Å²) in [7, 11) is 0. The predicted molar refractivity (Wildman–Crippen MR) is 141 cm³/mol. The number of aromatic nitrogens is 2. The number of hydrazone groups is 1. The number of rotatable bonds is 8. The lowest BCUT2D eigenvalue weighted by Gasteiger charge is -2.07. The van der Waals surface area contributed by atoms with Crippen LogP contribution in [-0.2, 0) is 6.61 Å². The molecule has 4 aromatic carbocycles. The third kappa shape index (κ3) is 5.79. The SMILES string of the molecule is O=C(NN=Cc1cn(-c2ccccc2)nc1-c1ccc(OCc2ccccc2)cc1)c1ccccc1F. The molecular formula is C30H23FN4O2. The van der Waals surface area contributed by atoms with Crippen molar-refractivity contribution in [1.29, 1.82) is 0 Å². The van der Waals surface area contributed by atoms with Gasteiger partial charge in [0.2, 0.25) is 0 Å². The number of benzene rings is 4. The van der Waals surface area contributed by atoms with Crippen molar-refractivity contribution < 1.29 is 13.9 Å². The van der Waals surface area contributed by atoms with Crippen LogP contribution < -0.4 is 10.2 Å². The van der Waals surface area contributed by atoms with E-state index in [-0.39, 0.29) is 5.56 Å². The normalized spacial score (nSPS) is 10.9. The van der Waals surface area contributed by atoms with Gasteiger partial charge in [-0.25, -0.2) is 14.5 Å². The molecule has 0 aliphatic heterocycles. The molecule has 1 heterocycles. The average Bonchev–Trinajstić information content (AvgIpc) is 3.37. The molecule has 0 saturated carbocycles. The molecule has 6 nitrogen and oxygen atoms in total. The number of ether oxygens (including phenoxy) is 1. The van der Waals surface area contributed by atoms with Crippen LogP contribution in [0.15, 0.2) is 120 Å². The first kappa shape index (κ1) is 23.7. The fourth-order valence-electron chi connectivity index (χ4n) is 3.74. The molecule has 0 fully saturated rings. The van der Waals surface area contributed by atoms with E-state index in [9.17, 15) is 9.18 Å². The van der Waals surface area contributed by atoms with Crippen LogP contribution in [-0.4, -0.2) is 21.9 Å². The lowest BCUT2D eigenvalue weighted by molar-refractivity contribution is 0.0951. The van der Waals surface area contributed by atoms with Gasteiger partial charge in [-0.1, -0.05) is 60.7 Å². The zero-order valence-electron chi connectivity index (χ0n) is 19.8. The molecular weight excluding hydrogens is 467 g/mol. The Labute approximate surface area is 213 Å².